The van der Waals surface area contributed by atoms with E-state index >= 15 is 0 Å². The van der Waals surface area contributed by atoms with Gasteiger partial charge in [0, 0.05) is 24.8 Å². The normalized spacial score (nSPS) is 20.8. The van der Waals surface area contributed by atoms with Crippen LogP contribution in [0.5, 0.6) is 5.75 Å². The van der Waals surface area contributed by atoms with E-state index < -0.39 is 5.92 Å². The van der Waals surface area contributed by atoms with Crippen LogP contribution in [0.1, 0.15) is 12.8 Å². The largest absolute Gasteiger partial charge is 0.493 e. The summed E-state index contributed by atoms with van der Waals surface area (Å²) in [4.78, 5) is 14.8. The zero-order chi connectivity index (χ0) is 20.7. The quantitative estimate of drug-likeness (QED) is 0.651. The molecule has 2 N–H and O–H groups in total. The first kappa shape index (κ1) is 18.9. The van der Waals surface area contributed by atoms with E-state index in [0.717, 1.165) is 25.9 Å². The maximum absolute atomic E-state index is 13.4. The van der Waals surface area contributed by atoms with Crippen molar-refractivity contribution < 1.29 is 13.5 Å². The molecule has 0 aliphatic carbocycles. The van der Waals surface area contributed by atoms with Crippen LogP contribution in [0.2, 0.25) is 0 Å². The molecule has 2 fully saturated rings. The molecule has 2 aliphatic heterocycles. The molecule has 158 valence electrons. The van der Waals surface area contributed by atoms with Gasteiger partial charge in [-0.1, -0.05) is 0 Å². The fourth-order valence-corrected chi connectivity index (χ4v) is 3.82. The topological polar surface area (TPSA) is 92.5 Å². The molecule has 0 saturated carbocycles. The number of methoxy groups -OCH3 is 1. The zero-order valence-corrected chi connectivity index (χ0v) is 16.5. The maximum atomic E-state index is 13.4. The minimum atomic E-state index is -2.71. The summed E-state index contributed by atoms with van der Waals surface area (Å²) in [6.45, 7) is 1.13. The molecule has 0 radical (unpaired) electrons. The van der Waals surface area contributed by atoms with Crippen LogP contribution in [0.4, 0.5) is 20.5 Å². The first-order valence-electron chi connectivity index (χ1n) is 9.89. The lowest BCUT2D eigenvalue weighted by Crippen LogP contribution is -2.56. The molecule has 1 unspecified atom stereocenters. The number of ether oxygens (including phenoxy) is 1. The zero-order valence-electron chi connectivity index (χ0n) is 16.5. The lowest BCUT2D eigenvalue weighted by molar-refractivity contribution is -0.0270. The lowest BCUT2D eigenvalue weighted by atomic mass is 10.1. The van der Waals surface area contributed by atoms with E-state index in [0.29, 0.717) is 34.6 Å². The molecule has 2 aliphatic rings. The second kappa shape index (κ2) is 7.31. The second-order valence-corrected chi connectivity index (χ2v) is 7.61. The van der Waals surface area contributed by atoms with E-state index in [1.54, 1.807) is 29.0 Å². The SMILES string of the molecule is COc1cc2ncc(-c3ccnc(NC4CCCNC4)n3)n2nc1N1CC(F)(F)C1. The number of imidazole rings is 1. The van der Waals surface area contributed by atoms with Gasteiger partial charge in [0.15, 0.2) is 17.2 Å². The number of anilines is 2. The van der Waals surface area contributed by atoms with Crippen LogP contribution in [0.15, 0.2) is 24.5 Å². The third-order valence-corrected chi connectivity index (χ3v) is 5.35. The number of nitrogens with zero attached hydrogens (tertiary/aromatic N) is 6. The van der Waals surface area contributed by atoms with E-state index in [1.807, 2.05) is 0 Å². The Kier molecular flexibility index (Phi) is 4.61. The van der Waals surface area contributed by atoms with E-state index in [4.69, 9.17) is 4.74 Å². The van der Waals surface area contributed by atoms with Crippen LogP contribution in [-0.4, -0.2) is 69.8 Å². The summed E-state index contributed by atoms with van der Waals surface area (Å²) in [7, 11) is 1.49. The Hall–Kier alpha value is -3.08. The Labute approximate surface area is 171 Å². The summed E-state index contributed by atoms with van der Waals surface area (Å²) in [5.74, 6) is -1.41. The minimum absolute atomic E-state index is 0.276. The number of nitrogens with one attached hydrogen (secondary N) is 2. The molecular formula is C19H22F2N8O. The van der Waals surface area contributed by atoms with Crippen molar-refractivity contribution in [2.24, 2.45) is 0 Å². The summed E-state index contributed by atoms with van der Waals surface area (Å²) in [6.07, 6.45) is 5.50. The number of rotatable bonds is 5. The van der Waals surface area contributed by atoms with Gasteiger partial charge < -0.3 is 20.3 Å². The predicted molar refractivity (Wildman–Crippen MR) is 107 cm³/mol. The van der Waals surface area contributed by atoms with Crippen molar-refractivity contribution in [1.29, 1.82) is 0 Å². The van der Waals surface area contributed by atoms with Gasteiger partial charge in [0.25, 0.3) is 5.92 Å². The molecular weight excluding hydrogens is 394 g/mol. The Morgan fingerprint density at radius 3 is 2.90 bits per heavy atom. The van der Waals surface area contributed by atoms with Crippen LogP contribution >= 0.6 is 0 Å². The highest BCUT2D eigenvalue weighted by molar-refractivity contribution is 5.65. The van der Waals surface area contributed by atoms with Crippen LogP contribution in [0.3, 0.4) is 0 Å². The van der Waals surface area contributed by atoms with Crippen molar-refractivity contribution in [3.8, 4) is 17.1 Å². The lowest BCUT2D eigenvalue weighted by Gasteiger charge is -2.39. The van der Waals surface area contributed by atoms with Crippen LogP contribution in [0.25, 0.3) is 17.0 Å². The molecule has 0 amide bonds. The van der Waals surface area contributed by atoms with E-state index in [9.17, 15) is 8.78 Å². The molecule has 0 bridgehead atoms. The highest BCUT2D eigenvalue weighted by Gasteiger charge is 2.45. The van der Waals surface area contributed by atoms with Crippen LogP contribution in [-0.2, 0) is 0 Å². The molecule has 5 rings (SSSR count). The third kappa shape index (κ3) is 3.49. The third-order valence-electron chi connectivity index (χ3n) is 5.35. The summed E-state index contributed by atoms with van der Waals surface area (Å²) in [6, 6.07) is 3.74. The average Bonchev–Trinajstić information content (AvgIpc) is 3.15. The minimum Gasteiger partial charge on any atom is -0.493 e. The predicted octanol–water partition coefficient (Wildman–Crippen LogP) is 1.81. The van der Waals surface area contributed by atoms with Gasteiger partial charge >= 0.3 is 0 Å². The Morgan fingerprint density at radius 1 is 1.30 bits per heavy atom. The number of fused-ring (bicyclic) bond motifs is 1. The first-order chi connectivity index (χ1) is 14.5. The number of hydrogen-bond donors (Lipinski definition) is 2. The highest BCUT2D eigenvalue weighted by atomic mass is 19.3. The smallest absolute Gasteiger partial charge is 0.282 e. The van der Waals surface area contributed by atoms with Crippen LogP contribution < -0.4 is 20.3 Å². The summed E-state index contributed by atoms with van der Waals surface area (Å²) >= 11 is 0. The van der Waals surface area contributed by atoms with Gasteiger partial charge in [0.2, 0.25) is 5.95 Å². The summed E-state index contributed by atoms with van der Waals surface area (Å²) in [5.41, 5.74) is 1.83. The van der Waals surface area contributed by atoms with Gasteiger partial charge in [-0.05, 0) is 25.5 Å². The average molecular weight is 416 g/mol. The molecule has 9 nitrogen and oxygen atoms in total. The summed E-state index contributed by atoms with van der Waals surface area (Å²) in [5, 5.41) is 11.3. The molecule has 11 heteroatoms. The summed E-state index contributed by atoms with van der Waals surface area (Å²) < 4.78 is 33.7. The van der Waals surface area contributed by atoms with E-state index in [2.05, 4.69) is 30.7 Å². The molecule has 0 spiro atoms. The molecule has 3 aromatic heterocycles. The number of halogens is 2. The first-order valence-corrected chi connectivity index (χ1v) is 9.89. The number of hydrogen-bond acceptors (Lipinski definition) is 8. The Morgan fingerprint density at radius 2 is 2.17 bits per heavy atom. The monoisotopic (exact) mass is 416 g/mol. The van der Waals surface area contributed by atoms with Crippen molar-refractivity contribution >= 4 is 17.4 Å². The Bertz CT molecular complexity index is 1060. The maximum Gasteiger partial charge on any atom is 0.282 e. The van der Waals surface area contributed by atoms with Gasteiger partial charge in [0.1, 0.15) is 5.69 Å². The molecule has 0 aromatic carbocycles. The fraction of sp³-hybridized carbons (Fsp3) is 0.474. The van der Waals surface area contributed by atoms with Crippen molar-refractivity contribution in [2.75, 3.05) is 43.5 Å². The molecule has 3 aromatic rings. The van der Waals surface area contributed by atoms with Crippen molar-refractivity contribution in [1.82, 2.24) is 29.9 Å². The van der Waals surface area contributed by atoms with Crippen LogP contribution in [0, 0.1) is 0 Å². The second-order valence-electron chi connectivity index (χ2n) is 7.61. The van der Waals surface area contributed by atoms with E-state index in [1.165, 1.54) is 12.0 Å². The van der Waals surface area contributed by atoms with E-state index in [-0.39, 0.29) is 19.1 Å². The van der Waals surface area contributed by atoms with Crippen molar-refractivity contribution in [2.45, 2.75) is 24.8 Å². The standard InChI is InChI=1S/C19H22F2N8O/c1-30-15-7-16-24-9-14(29(16)27-17(15)28-10-19(20,21)11-28)13-4-6-23-18(26-13)25-12-3-2-5-22-8-12/h4,6-7,9,12,22H,2-3,5,8,10-11H2,1H3,(H,23,25,26). The molecule has 2 saturated heterocycles. The molecule has 30 heavy (non-hydrogen) atoms. The molecule has 5 heterocycles. The van der Waals surface area contributed by atoms with Gasteiger partial charge in [-0.3, -0.25) is 0 Å². The van der Waals surface area contributed by atoms with Gasteiger partial charge in [-0.25, -0.2) is 28.2 Å². The number of aromatic nitrogens is 5. The van der Waals surface area contributed by atoms with Gasteiger partial charge in [0.05, 0.1) is 32.1 Å². The van der Waals surface area contributed by atoms with Crippen molar-refractivity contribution in [3.63, 3.8) is 0 Å². The number of piperidine rings is 1. The number of alkyl halides is 2. The van der Waals surface area contributed by atoms with Gasteiger partial charge in [-0.15, -0.1) is 5.10 Å². The fourth-order valence-electron chi connectivity index (χ4n) is 3.82. The van der Waals surface area contributed by atoms with Crippen molar-refractivity contribution in [3.05, 3.63) is 24.5 Å². The highest BCUT2D eigenvalue weighted by Crippen LogP contribution is 2.36. The Balaban J connectivity index is 1.48. The molecule has 1 atom stereocenters. The van der Waals surface area contributed by atoms with Gasteiger partial charge in [-0.2, -0.15) is 0 Å².